The molecule has 4 rings (SSSR count). The van der Waals surface area contributed by atoms with Gasteiger partial charge in [-0.2, -0.15) is 0 Å². The fourth-order valence-electron chi connectivity index (χ4n) is 3.69. The average molecular weight is 289 g/mol. The van der Waals surface area contributed by atoms with Crippen LogP contribution in [0.1, 0.15) is 55.3 Å². The van der Waals surface area contributed by atoms with E-state index < -0.39 is 0 Å². The van der Waals surface area contributed by atoms with Gasteiger partial charge in [-0.3, -0.25) is 4.79 Å². The van der Waals surface area contributed by atoms with E-state index in [-0.39, 0.29) is 5.91 Å². The van der Waals surface area contributed by atoms with Crippen LogP contribution in [0.3, 0.4) is 0 Å². The molecule has 5 heteroatoms. The van der Waals surface area contributed by atoms with Gasteiger partial charge in [-0.1, -0.05) is 5.16 Å². The number of amides is 1. The van der Waals surface area contributed by atoms with E-state index >= 15 is 0 Å². The summed E-state index contributed by atoms with van der Waals surface area (Å²) >= 11 is 0. The molecule has 0 N–H and O–H groups in total. The Morgan fingerprint density at radius 1 is 1.38 bits per heavy atom. The average Bonchev–Trinajstić information content (AvgIpc) is 3.00. The number of carbonyl (C=O) groups is 1. The minimum absolute atomic E-state index is 0.0410. The van der Waals surface area contributed by atoms with Crippen LogP contribution in [0.2, 0.25) is 0 Å². The van der Waals surface area contributed by atoms with E-state index in [4.69, 9.17) is 4.52 Å². The number of carbonyl (C=O) groups excluding carboxylic acids is 1. The van der Waals surface area contributed by atoms with Crippen LogP contribution in [0.25, 0.3) is 0 Å². The second kappa shape index (κ2) is 4.57. The van der Waals surface area contributed by atoms with E-state index in [2.05, 4.69) is 23.9 Å². The molecule has 1 spiro atoms. The van der Waals surface area contributed by atoms with Crippen molar-refractivity contribution in [2.75, 3.05) is 26.2 Å². The highest BCUT2D eigenvalue weighted by Gasteiger charge is 2.50. The predicted octanol–water partition coefficient (Wildman–Crippen LogP) is 2.11. The van der Waals surface area contributed by atoms with Crippen molar-refractivity contribution < 1.29 is 9.32 Å². The van der Waals surface area contributed by atoms with Crippen molar-refractivity contribution in [2.45, 2.75) is 45.1 Å². The summed E-state index contributed by atoms with van der Waals surface area (Å²) in [4.78, 5) is 16.9. The Labute approximate surface area is 125 Å². The highest BCUT2D eigenvalue weighted by molar-refractivity contribution is 5.93. The van der Waals surface area contributed by atoms with Crippen LogP contribution in [0.5, 0.6) is 0 Å². The van der Waals surface area contributed by atoms with Crippen molar-refractivity contribution in [1.29, 1.82) is 0 Å². The molecule has 0 aromatic carbocycles. The number of aromatic nitrogens is 1. The molecule has 1 aliphatic carbocycles. The van der Waals surface area contributed by atoms with Crippen molar-refractivity contribution in [3.05, 3.63) is 17.5 Å². The maximum atomic E-state index is 12.4. The second-order valence-corrected chi connectivity index (χ2v) is 7.36. The fraction of sp³-hybridized carbons (Fsp3) is 0.750. The summed E-state index contributed by atoms with van der Waals surface area (Å²) in [5, 5.41) is 3.96. The Kier molecular flexibility index (Phi) is 2.89. The summed E-state index contributed by atoms with van der Waals surface area (Å²) in [5.74, 6) is 1.44. The molecule has 3 fully saturated rings. The first-order chi connectivity index (χ1) is 10.1. The van der Waals surface area contributed by atoms with E-state index in [9.17, 15) is 4.79 Å². The van der Waals surface area contributed by atoms with Gasteiger partial charge in [-0.05, 0) is 39.7 Å². The van der Waals surface area contributed by atoms with Gasteiger partial charge >= 0.3 is 0 Å². The van der Waals surface area contributed by atoms with Gasteiger partial charge in [0.1, 0.15) is 5.76 Å². The van der Waals surface area contributed by atoms with E-state index in [1.54, 1.807) is 0 Å². The Hall–Kier alpha value is -1.36. The summed E-state index contributed by atoms with van der Waals surface area (Å²) in [6.07, 6.45) is 3.54. The Bertz CT molecular complexity index is 556. The van der Waals surface area contributed by atoms with Crippen LogP contribution in [0.15, 0.2) is 10.6 Å². The molecule has 5 nitrogen and oxygen atoms in total. The second-order valence-electron chi connectivity index (χ2n) is 7.36. The van der Waals surface area contributed by atoms with E-state index in [1.807, 2.05) is 11.0 Å². The minimum atomic E-state index is 0.0410. The lowest BCUT2D eigenvalue weighted by molar-refractivity contribution is 0.00858. The van der Waals surface area contributed by atoms with Gasteiger partial charge in [0.05, 0.1) is 0 Å². The highest BCUT2D eigenvalue weighted by Crippen LogP contribution is 2.42. The molecular formula is C16H23N3O2. The maximum Gasteiger partial charge on any atom is 0.276 e. The lowest BCUT2D eigenvalue weighted by Gasteiger charge is -2.48. The number of rotatable bonds is 3. The highest BCUT2D eigenvalue weighted by atomic mass is 16.5. The summed E-state index contributed by atoms with van der Waals surface area (Å²) in [6.45, 7) is 8.53. The molecule has 3 heterocycles. The van der Waals surface area contributed by atoms with E-state index in [0.717, 1.165) is 31.9 Å². The quantitative estimate of drug-likeness (QED) is 0.855. The van der Waals surface area contributed by atoms with Crippen LogP contribution in [-0.4, -0.2) is 53.1 Å². The molecule has 2 aliphatic heterocycles. The first-order valence-corrected chi connectivity index (χ1v) is 8.06. The first kappa shape index (κ1) is 13.3. The third-order valence-electron chi connectivity index (χ3n) is 5.27. The molecule has 0 unspecified atom stereocenters. The van der Waals surface area contributed by atoms with Gasteiger partial charge in [-0.25, -0.2) is 0 Å². The summed E-state index contributed by atoms with van der Waals surface area (Å²) < 4.78 is 5.29. The minimum Gasteiger partial charge on any atom is -0.360 e. The number of hydrogen-bond acceptors (Lipinski definition) is 4. The lowest BCUT2D eigenvalue weighted by atomic mass is 9.79. The molecule has 1 amide bonds. The normalized spacial score (nSPS) is 24.8. The lowest BCUT2D eigenvalue weighted by Crippen LogP contribution is -2.59. The van der Waals surface area contributed by atoms with Gasteiger partial charge in [0.2, 0.25) is 0 Å². The van der Waals surface area contributed by atoms with Gasteiger partial charge in [0, 0.05) is 43.1 Å². The molecule has 2 saturated heterocycles. The third kappa shape index (κ3) is 2.27. The predicted molar refractivity (Wildman–Crippen MR) is 78.1 cm³/mol. The molecule has 114 valence electrons. The molecule has 1 aromatic rings. The monoisotopic (exact) mass is 289 g/mol. The Balaban J connectivity index is 1.37. The van der Waals surface area contributed by atoms with E-state index in [1.165, 1.54) is 19.3 Å². The van der Waals surface area contributed by atoms with Crippen LogP contribution in [0, 0.1) is 5.41 Å². The largest absolute Gasteiger partial charge is 0.360 e. The van der Waals surface area contributed by atoms with Crippen LogP contribution < -0.4 is 0 Å². The molecule has 1 saturated carbocycles. The Morgan fingerprint density at radius 2 is 2.14 bits per heavy atom. The smallest absolute Gasteiger partial charge is 0.276 e. The molecule has 3 aliphatic rings. The number of nitrogens with zero attached hydrogens (tertiary/aromatic N) is 3. The van der Waals surface area contributed by atoms with E-state index in [0.29, 0.717) is 23.1 Å². The number of hydrogen-bond donors (Lipinski definition) is 0. The molecule has 0 bridgehead atoms. The molecule has 0 radical (unpaired) electrons. The van der Waals surface area contributed by atoms with Crippen LogP contribution >= 0.6 is 0 Å². The van der Waals surface area contributed by atoms with Crippen molar-refractivity contribution >= 4 is 5.91 Å². The van der Waals surface area contributed by atoms with Crippen LogP contribution in [0.4, 0.5) is 0 Å². The van der Waals surface area contributed by atoms with Gasteiger partial charge in [-0.15, -0.1) is 0 Å². The maximum absolute atomic E-state index is 12.4. The van der Waals surface area contributed by atoms with Crippen molar-refractivity contribution in [2.24, 2.45) is 5.41 Å². The van der Waals surface area contributed by atoms with Crippen molar-refractivity contribution in [3.63, 3.8) is 0 Å². The zero-order valence-corrected chi connectivity index (χ0v) is 12.8. The first-order valence-electron chi connectivity index (χ1n) is 8.06. The summed E-state index contributed by atoms with van der Waals surface area (Å²) in [7, 11) is 0. The van der Waals surface area contributed by atoms with Crippen LogP contribution in [-0.2, 0) is 0 Å². The summed E-state index contributed by atoms with van der Waals surface area (Å²) in [6, 6.07) is 2.45. The number of likely N-dealkylation sites (tertiary alicyclic amines) is 2. The van der Waals surface area contributed by atoms with Gasteiger partial charge in [0.15, 0.2) is 5.69 Å². The molecule has 1 aromatic heterocycles. The molecular weight excluding hydrogens is 266 g/mol. The topological polar surface area (TPSA) is 49.6 Å². The molecule has 0 atom stereocenters. The fourth-order valence-corrected chi connectivity index (χ4v) is 3.69. The van der Waals surface area contributed by atoms with Crippen molar-refractivity contribution in [1.82, 2.24) is 15.0 Å². The van der Waals surface area contributed by atoms with Gasteiger partial charge in [0.25, 0.3) is 5.91 Å². The van der Waals surface area contributed by atoms with Crippen molar-refractivity contribution in [3.8, 4) is 0 Å². The zero-order chi connectivity index (χ0) is 14.6. The standard InChI is InChI=1S/C16H23N3O2/c1-11(2)18-6-5-16(8-18)9-19(10-16)15(20)13-7-14(21-17-13)12-3-4-12/h7,11-12H,3-6,8-10H2,1-2H3. The summed E-state index contributed by atoms with van der Waals surface area (Å²) in [5.41, 5.74) is 0.827. The SMILES string of the molecule is CC(C)N1CCC2(CN(C(=O)c3cc(C4CC4)on3)C2)C1. The third-order valence-corrected chi connectivity index (χ3v) is 5.27. The zero-order valence-electron chi connectivity index (χ0n) is 12.8. The Morgan fingerprint density at radius 3 is 2.76 bits per heavy atom. The van der Waals surface area contributed by atoms with Gasteiger partial charge < -0.3 is 14.3 Å². The molecule has 21 heavy (non-hydrogen) atoms.